The first-order chi connectivity index (χ1) is 11.1. The van der Waals surface area contributed by atoms with Gasteiger partial charge in [-0.15, -0.1) is 0 Å². The summed E-state index contributed by atoms with van der Waals surface area (Å²) < 4.78 is 6.95. The SMILES string of the molecule is CCn1nc(C(=O)N2CCN(C(=O)c3ccco3)CC2)cc1C. The summed E-state index contributed by atoms with van der Waals surface area (Å²) in [7, 11) is 0. The Hall–Kier alpha value is -2.57. The number of carbonyl (C=O) groups is 2. The van der Waals surface area contributed by atoms with Crippen molar-refractivity contribution in [2.75, 3.05) is 26.2 Å². The summed E-state index contributed by atoms with van der Waals surface area (Å²) in [5.41, 5.74) is 1.44. The third-order valence-corrected chi connectivity index (χ3v) is 4.09. The number of aryl methyl sites for hydroxylation is 2. The van der Waals surface area contributed by atoms with Crippen molar-refractivity contribution < 1.29 is 14.0 Å². The Morgan fingerprint density at radius 3 is 2.35 bits per heavy atom. The highest BCUT2D eigenvalue weighted by atomic mass is 16.3. The Labute approximate surface area is 134 Å². The van der Waals surface area contributed by atoms with Crippen molar-refractivity contribution in [3.63, 3.8) is 0 Å². The maximum absolute atomic E-state index is 12.5. The first-order valence-electron chi connectivity index (χ1n) is 7.76. The van der Waals surface area contributed by atoms with Crippen LogP contribution in [0.25, 0.3) is 0 Å². The molecule has 3 heterocycles. The number of amides is 2. The summed E-state index contributed by atoms with van der Waals surface area (Å²) in [6.45, 7) is 6.68. The first kappa shape index (κ1) is 15.3. The highest BCUT2D eigenvalue weighted by Crippen LogP contribution is 2.12. The molecule has 1 aliphatic rings. The molecule has 0 aliphatic carbocycles. The number of aromatic nitrogens is 2. The number of nitrogens with zero attached hydrogens (tertiary/aromatic N) is 4. The maximum Gasteiger partial charge on any atom is 0.289 e. The van der Waals surface area contributed by atoms with E-state index in [-0.39, 0.29) is 11.8 Å². The average molecular weight is 316 g/mol. The molecule has 0 radical (unpaired) electrons. The zero-order valence-corrected chi connectivity index (χ0v) is 13.4. The number of furan rings is 1. The normalized spacial score (nSPS) is 15.0. The molecule has 2 aromatic rings. The summed E-state index contributed by atoms with van der Waals surface area (Å²) in [5, 5.41) is 4.33. The number of hydrogen-bond donors (Lipinski definition) is 0. The predicted octanol–water partition coefficient (Wildman–Crippen LogP) is 1.40. The zero-order chi connectivity index (χ0) is 16.4. The summed E-state index contributed by atoms with van der Waals surface area (Å²) in [6, 6.07) is 5.16. The van der Waals surface area contributed by atoms with E-state index in [4.69, 9.17) is 4.42 Å². The summed E-state index contributed by atoms with van der Waals surface area (Å²) in [6.07, 6.45) is 1.49. The summed E-state index contributed by atoms with van der Waals surface area (Å²) in [4.78, 5) is 28.2. The highest BCUT2D eigenvalue weighted by molar-refractivity contribution is 5.93. The minimum Gasteiger partial charge on any atom is -0.459 e. The van der Waals surface area contributed by atoms with Gasteiger partial charge in [-0.05, 0) is 32.0 Å². The molecule has 1 aliphatic heterocycles. The van der Waals surface area contributed by atoms with E-state index in [1.807, 2.05) is 24.6 Å². The lowest BCUT2D eigenvalue weighted by Crippen LogP contribution is -2.50. The molecule has 2 aromatic heterocycles. The Bertz CT molecular complexity index is 697. The molecule has 0 aromatic carbocycles. The molecule has 3 rings (SSSR count). The second-order valence-corrected chi connectivity index (χ2v) is 5.55. The predicted molar refractivity (Wildman–Crippen MR) is 83.2 cm³/mol. The second-order valence-electron chi connectivity index (χ2n) is 5.55. The van der Waals surface area contributed by atoms with Crippen LogP contribution in [0.3, 0.4) is 0 Å². The number of rotatable bonds is 3. The molecule has 7 nitrogen and oxygen atoms in total. The molecule has 23 heavy (non-hydrogen) atoms. The van der Waals surface area contributed by atoms with Gasteiger partial charge in [-0.1, -0.05) is 0 Å². The van der Waals surface area contributed by atoms with E-state index in [1.165, 1.54) is 6.26 Å². The molecule has 2 amide bonds. The van der Waals surface area contributed by atoms with E-state index < -0.39 is 0 Å². The van der Waals surface area contributed by atoms with Gasteiger partial charge >= 0.3 is 0 Å². The van der Waals surface area contributed by atoms with E-state index >= 15 is 0 Å². The van der Waals surface area contributed by atoms with Gasteiger partial charge in [-0.2, -0.15) is 5.10 Å². The van der Waals surface area contributed by atoms with Crippen molar-refractivity contribution in [2.24, 2.45) is 0 Å². The van der Waals surface area contributed by atoms with Crippen LogP contribution in [-0.4, -0.2) is 57.6 Å². The van der Waals surface area contributed by atoms with Crippen LogP contribution >= 0.6 is 0 Å². The molecule has 0 N–H and O–H groups in total. The molecule has 0 spiro atoms. The Morgan fingerprint density at radius 2 is 1.83 bits per heavy atom. The fraction of sp³-hybridized carbons (Fsp3) is 0.438. The zero-order valence-electron chi connectivity index (χ0n) is 13.4. The minimum atomic E-state index is -0.131. The van der Waals surface area contributed by atoms with E-state index in [9.17, 15) is 9.59 Å². The van der Waals surface area contributed by atoms with E-state index in [0.29, 0.717) is 37.6 Å². The van der Waals surface area contributed by atoms with Crippen molar-refractivity contribution in [2.45, 2.75) is 20.4 Å². The summed E-state index contributed by atoms with van der Waals surface area (Å²) in [5.74, 6) is 0.126. The second kappa shape index (κ2) is 6.28. The molecule has 0 bridgehead atoms. The molecule has 0 atom stereocenters. The third-order valence-electron chi connectivity index (χ3n) is 4.09. The molecule has 122 valence electrons. The Kier molecular flexibility index (Phi) is 4.18. The van der Waals surface area contributed by atoms with Crippen LogP contribution in [0.15, 0.2) is 28.9 Å². The van der Waals surface area contributed by atoms with Crippen LogP contribution in [0.5, 0.6) is 0 Å². The van der Waals surface area contributed by atoms with Crippen LogP contribution in [0, 0.1) is 6.92 Å². The fourth-order valence-corrected chi connectivity index (χ4v) is 2.77. The quantitative estimate of drug-likeness (QED) is 0.858. The van der Waals surface area contributed by atoms with Gasteiger partial charge in [0.05, 0.1) is 6.26 Å². The van der Waals surface area contributed by atoms with Gasteiger partial charge in [0, 0.05) is 38.4 Å². The minimum absolute atomic E-state index is 0.0783. The van der Waals surface area contributed by atoms with Gasteiger partial charge in [0.2, 0.25) is 0 Å². The monoisotopic (exact) mass is 316 g/mol. The van der Waals surface area contributed by atoms with Crippen LogP contribution in [-0.2, 0) is 6.54 Å². The van der Waals surface area contributed by atoms with Crippen molar-refractivity contribution in [3.05, 3.63) is 41.6 Å². The van der Waals surface area contributed by atoms with Crippen LogP contribution in [0.1, 0.15) is 33.7 Å². The van der Waals surface area contributed by atoms with Gasteiger partial charge in [0.25, 0.3) is 11.8 Å². The van der Waals surface area contributed by atoms with Crippen LogP contribution < -0.4 is 0 Å². The van der Waals surface area contributed by atoms with Crippen molar-refractivity contribution in [1.82, 2.24) is 19.6 Å². The number of carbonyl (C=O) groups excluding carboxylic acids is 2. The van der Waals surface area contributed by atoms with Crippen LogP contribution in [0.2, 0.25) is 0 Å². The highest BCUT2D eigenvalue weighted by Gasteiger charge is 2.27. The van der Waals surface area contributed by atoms with Crippen molar-refractivity contribution in [1.29, 1.82) is 0 Å². The van der Waals surface area contributed by atoms with E-state index in [2.05, 4.69) is 5.10 Å². The van der Waals surface area contributed by atoms with Gasteiger partial charge in [0.15, 0.2) is 11.5 Å². The van der Waals surface area contributed by atoms with Crippen LogP contribution in [0.4, 0.5) is 0 Å². The number of hydrogen-bond acceptors (Lipinski definition) is 4. The topological polar surface area (TPSA) is 71.6 Å². The van der Waals surface area contributed by atoms with Crippen molar-refractivity contribution in [3.8, 4) is 0 Å². The average Bonchev–Trinajstić information content (AvgIpc) is 3.23. The summed E-state index contributed by atoms with van der Waals surface area (Å²) >= 11 is 0. The molecular weight excluding hydrogens is 296 g/mol. The van der Waals surface area contributed by atoms with Gasteiger partial charge in [-0.3, -0.25) is 14.3 Å². The first-order valence-corrected chi connectivity index (χ1v) is 7.76. The van der Waals surface area contributed by atoms with Gasteiger partial charge in [0.1, 0.15) is 0 Å². The smallest absolute Gasteiger partial charge is 0.289 e. The van der Waals surface area contributed by atoms with Gasteiger partial charge < -0.3 is 14.2 Å². The van der Waals surface area contributed by atoms with Gasteiger partial charge in [-0.25, -0.2) is 0 Å². The molecule has 7 heteroatoms. The van der Waals surface area contributed by atoms with E-state index in [1.54, 1.807) is 21.9 Å². The molecule has 1 saturated heterocycles. The standard InChI is InChI=1S/C16H20N4O3/c1-3-20-12(2)11-13(17-20)15(21)18-6-8-19(9-7-18)16(22)14-5-4-10-23-14/h4-5,10-11H,3,6-9H2,1-2H3. The van der Waals surface area contributed by atoms with Crippen molar-refractivity contribution >= 4 is 11.8 Å². The third kappa shape index (κ3) is 2.99. The number of piperazine rings is 1. The molecule has 0 unspecified atom stereocenters. The fourth-order valence-electron chi connectivity index (χ4n) is 2.77. The molecule has 1 fully saturated rings. The lowest BCUT2D eigenvalue weighted by Gasteiger charge is -2.33. The molecular formula is C16H20N4O3. The molecule has 0 saturated carbocycles. The largest absolute Gasteiger partial charge is 0.459 e. The Balaban J connectivity index is 1.62. The Morgan fingerprint density at radius 1 is 1.17 bits per heavy atom. The maximum atomic E-state index is 12.5. The van der Waals surface area contributed by atoms with E-state index in [0.717, 1.165) is 12.2 Å². The lowest BCUT2D eigenvalue weighted by molar-refractivity contribution is 0.0515. The lowest BCUT2D eigenvalue weighted by atomic mass is 10.2.